The van der Waals surface area contributed by atoms with Crippen molar-refractivity contribution >= 4 is 38.8 Å². The topological polar surface area (TPSA) is 66.3 Å². The van der Waals surface area contributed by atoms with Crippen LogP contribution in [0.4, 0.5) is 10.5 Å². The average Bonchev–Trinajstić information content (AvgIpc) is 3.19. The number of nitrogens with one attached hydrogen (secondary N) is 1. The zero-order valence-corrected chi connectivity index (χ0v) is 19.1. The molecule has 1 N–H and O–H groups in total. The van der Waals surface area contributed by atoms with Gasteiger partial charge in [0.05, 0.1) is 6.54 Å². The number of amides is 2. The predicted octanol–water partition coefficient (Wildman–Crippen LogP) is 4.53. The Balaban J connectivity index is 1.27. The average molecular weight is 491 g/mol. The van der Waals surface area contributed by atoms with Crippen LogP contribution in [0.1, 0.15) is 5.82 Å². The normalized spacial score (nSPS) is 14.6. The van der Waals surface area contributed by atoms with E-state index in [-0.39, 0.29) is 6.03 Å². The van der Waals surface area contributed by atoms with Crippen LogP contribution >= 0.6 is 15.9 Å². The molecule has 0 unspecified atom stereocenters. The fourth-order valence-corrected chi connectivity index (χ4v) is 4.22. The number of rotatable bonds is 4. The molecule has 1 fully saturated rings. The Hall–Kier alpha value is -3.23. The Morgan fingerprint density at radius 3 is 2.44 bits per heavy atom. The Labute approximate surface area is 194 Å². The quantitative estimate of drug-likeness (QED) is 0.456. The molecule has 2 aromatic carbocycles. The van der Waals surface area contributed by atoms with Crippen LogP contribution in [-0.4, -0.2) is 56.5 Å². The molecule has 0 radical (unpaired) electrons. The van der Waals surface area contributed by atoms with Crippen LogP contribution < -0.4 is 5.32 Å². The number of pyridine rings is 1. The monoisotopic (exact) mass is 490 g/mol. The summed E-state index contributed by atoms with van der Waals surface area (Å²) in [6.07, 6.45) is 1.80. The molecule has 2 amide bonds. The van der Waals surface area contributed by atoms with E-state index in [2.05, 4.69) is 47.8 Å². The van der Waals surface area contributed by atoms with Crippen molar-refractivity contribution in [3.63, 3.8) is 0 Å². The standard InChI is InChI=1S/C24H23BrN6O/c25-18-8-10-19(11-9-18)27-24(32)30-15-13-29(14-16-30)17-22-28-21-7-4-12-26-23(21)31(22)20-5-2-1-3-6-20/h1-12H,13-17H2,(H,27,32). The molecule has 5 rings (SSSR count). The first kappa shape index (κ1) is 20.7. The van der Waals surface area contributed by atoms with Crippen molar-refractivity contribution in [2.24, 2.45) is 0 Å². The lowest BCUT2D eigenvalue weighted by Crippen LogP contribution is -2.49. The van der Waals surface area contributed by atoms with Crippen molar-refractivity contribution in [1.29, 1.82) is 0 Å². The van der Waals surface area contributed by atoms with Crippen LogP contribution in [0, 0.1) is 0 Å². The summed E-state index contributed by atoms with van der Waals surface area (Å²) in [5.74, 6) is 0.956. The Morgan fingerprint density at radius 2 is 1.69 bits per heavy atom. The van der Waals surface area contributed by atoms with E-state index < -0.39 is 0 Å². The number of anilines is 1. The third-order valence-corrected chi connectivity index (χ3v) is 6.15. The molecule has 162 valence electrons. The fraction of sp³-hybridized carbons (Fsp3) is 0.208. The molecular weight excluding hydrogens is 468 g/mol. The molecule has 1 aliphatic rings. The van der Waals surface area contributed by atoms with Crippen molar-refractivity contribution < 1.29 is 4.79 Å². The molecule has 0 atom stereocenters. The summed E-state index contributed by atoms with van der Waals surface area (Å²) in [4.78, 5) is 26.3. The second-order valence-electron chi connectivity index (χ2n) is 7.75. The molecule has 0 bridgehead atoms. The number of imidazole rings is 1. The number of benzene rings is 2. The zero-order valence-electron chi connectivity index (χ0n) is 17.5. The summed E-state index contributed by atoms with van der Waals surface area (Å²) in [6.45, 7) is 3.63. The molecule has 4 aromatic rings. The van der Waals surface area contributed by atoms with Crippen molar-refractivity contribution in [3.05, 3.63) is 83.2 Å². The lowest BCUT2D eigenvalue weighted by Gasteiger charge is -2.34. The fourth-order valence-electron chi connectivity index (χ4n) is 3.96. The highest BCUT2D eigenvalue weighted by atomic mass is 79.9. The lowest BCUT2D eigenvalue weighted by atomic mass is 10.3. The highest BCUT2D eigenvalue weighted by molar-refractivity contribution is 9.10. The number of para-hydroxylation sites is 1. The highest BCUT2D eigenvalue weighted by Gasteiger charge is 2.23. The van der Waals surface area contributed by atoms with Gasteiger partial charge in [0.15, 0.2) is 5.65 Å². The van der Waals surface area contributed by atoms with Crippen LogP contribution in [0.5, 0.6) is 0 Å². The van der Waals surface area contributed by atoms with Crippen LogP contribution in [0.3, 0.4) is 0 Å². The second kappa shape index (κ2) is 9.10. The van der Waals surface area contributed by atoms with Crippen molar-refractivity contribution in [2.45, 2.75) is 6.54 Å². The second-order valence-corrected chi connectivity index (χ2v) is 8.66. The number of aromatic nitrogens is 3. The summed E-state index contributed by atoms with van der Waals surface area (Å²) >= 11 is 3.41. The van der Waals surface area contributed by atoms with E-state index >= 15 is 0 Å². The van der Waals surface area contributed by atoms with Gasteiger partial charge in [0, 0.05) is 48.2 Å². The number of urea groups is 1. The smallest absolute Gasteiger partial charge is 0.321 e. The van der Waals surface area contributed by atoms with Gasteiger partial charge in [-0.2, -0.15) is 0 Å². The maximum atomic E-state index is 12.6. The first-order valence-electron chi connectivity index (χ1n) is 10.6. The van der Waals surface area contributed by atoms with E-state index in [1.165, 1.54) is 0 Å². The maximum absolute atomic E-state index is 12.6. The van der Waals surface area contributed by atoms with Gasteiger partial charge in [-0.25, -0.2) is 14.8 Å². The summed E-state index contributed by atoms with van der Waals surface area (Å²) in [5.41, 5.74) is 3.60. The van der Waals surface area contributed by atoms with E-state index in [4.69, 9.17) is 4.98 Å². The van der Waals surface area contributed by atoms with Crippen molar-refractivity contribution in [3.8, 4) is 5.69 Å². The molecular formula is C24H23BrN6O. The maximum Gasteiger partial charge on any atom is 0.321 e. The van der Waals surface area contributed by atoms with Gasteiger partial charge in [0.1, 0.15) is 11.3 Å². The van der Waals surface area contributed by atoms with Gasteiger partial charge in [-0.05, 0) is 48.5 Å². The van der Waals surface area contributed by atoms with Crippen molar-refractivity contribution in [1.82, 2.24) is 24.3 Å². The van der Waals surface area contributed by atoms with E-state index in [9.17, 15) is 4.79 Å². The Kier molecular flexibility index (Phi) is 5.87. The third kappa shape index (κ3) is 4.37. The summed E-state index contributed by atoms with van der Waals surface area (Å²) in [5, 5.41) is 2.97. The number of hydrogen-bond donors (Lipinski definition) is 1. The van der Waals surface area contributed by atoms with Gasteiger partial charge in [-0.3, -0.25) is 9.47 Å². The van der Waals surface area contributed by atoms with Crippen LogP contribution in [0.15, 0.2) is 77.4 Å². The third-order valence-electron chi connectivity index (χ3n) is 5.62. The van der Waals surface area contributed by atoms with E-state index in [0.717, 1.165) is 45.9 Å². The molecule has 0 spiro atoms. The van der Waals surface area contributed by atoms with Crippen LogP contribution in [0.25, 0.3) is 16.9 Å². The molecule has 32 heavy (non-hydrogen) atoms. The van der Waals surface area contributed by atoms with Gasteiger partial charge in [-0.15, -0.1) is 0 Å². The Bertz CT molecular complexity index is 1220. The van der Waals surface area contributed by atoms with Gasteiger partial charge in [0.2, 0.25) is 0 Å². The van der Waals surface area contributed by atoms with Gasteiger partial charge in [-0.1, -0.05) is 34.1 Å². The largest absolute Gasteiger partial charge is 0.322 e. The SMILES string of the molecule is O=C(Nc1ccc(Br)cc1)N1CCN(Cc2nc3cccnc3n2-c2ccccc2)CC1. The van der Waals surface area contributed by atoms with E-state index in [0.29, 0.717) is 19.6 Å². The molecule has 0 saturated carbocycles. The number of nitrogens with zero attached hydrogens (tertiary/aromatic N) is 5. The minimum atomic E-state index is -0.0623. The minimum Gasteiger partial charge on any atom is -0.322 e. The number of hydrogen-bond acceptors (Lipinski definition) is 4. The van der Waals surface area contributed by atoms with Gasteiger partial charge in [0.25, 0.3) is 0 Å². The number of piperazine rings is 1. The van der Waals surface area contributed by atoms with Crippen LogP contribution in [0.2, 0.25) is 0 Å². The first-order valence-corrected chi connectivity index (χ1v) is 11.4. The molecule has 2 aromatic heterocycles. The Morgan fingerprint density at radius 1 is 0.938 bits per heavy atom. The summed E-state index contributed by atoms with van der Waals surface area (Å²) in [7, 11) is 0. The minimum absolute atomic E-state index is 0.0623. The lowest BCUT2D eigenvalue weighted by molar-refractivity contribution is 0.140. The molecule has 1 saturated heterocycles. The van der Waals surface area contributed by atoms with E-state index in [1.54, 1.807) is 6.20 Å². The zero-order chi connectivity index (χ0) is 21.9. The van der Waals surface area contributed by atoms with E-state index in [1.807, 2.05) is 59.5 Å². The molecule has 8 heteroatoms. The van der Waals surface area contributed by atoms with Crippen LogP contribution in [-0.2, 0) is 6.54 Å². The number of carbonyl (C=O) groups is 1. The van der Waals surface area contributed by atoms with Gasteiger partial charge >= 0.3 is 6.03 Å². The van der Waals surface area contributed by atoms with Crippen molar-refractivity contribution in [2.75, 3.05) is 31.5 Å². The number of halogens is 1. The molecule has 3 heterocycles. The number of fused-ring (bicyclic) bond motifs is 1. The molecule has 7 nitrogen and oxygen atoms in total. The molecule has 1 aliphatic heterocycles. The molecule has 0 aliphatic carbocycles. The highest BCUT2D eigenvalue weighted by Crippen LogP contribution is 2.21. The summed E-state index contributed by atoms with van der Waals surface area (Å²) in [6, 6.07) is 21.7. The summed E-state index contributed by atoms with van der Waals surface area (Å²) < 4.78 is 3.11. The predicted molar refractivity (Wildman–Crippen MR) is 129 cm³/mol. The van der Waals surface area contributed by atoms with Gasteiger partial charge < -0.3 is 10.2 Å². The number of carbonyl (C=O) groups excluding carboxylic acids is 1. The first-order chi connectivity index (χ1) is 15.7.